The molecule has 2 N–H and O–H groups in total. The van der Waals surface area contributed by atoms with Gasteiger partial charge in [-0.05, 0) is 24.6 Å². The summed E-state index contributed by atoms with van der Waals surface area (Å²) in [7, 11) is 0. The monoisotopic (exact) mass is 461 g/mol. The third-order valence-corrected chi connectivity index (χ3v) is 4.90. The Balaban J connectivity index is 0.00000341. The zero-order chi connectivity index (χ0) is 21.3. The molecule has 6 nitrogen and oxygen atoms in total. The van der Waals surface area contributed by atoms with Gasteiger partial charge >= 0.3 is 0 Å². The summed E-state index contributed by atoms with van der Waals surface area (Å²) in [6, 6.07) is 20.7. The maximum Gasteiger partial charge on any atom is 0.271 e. The van der Waals surface area contributed by atoms with Crippen LogP contribution in [0.5, 0.6) is 5.75 Å². The number of ether oxygens (including phenoxy) is 1. The predicted molar refractivity (Wildman–Crippen MR) is 128 cm³/mol. The second kappa shape index (κ2) is 12.2. The third-order valence-electron chi connectivity index (χ3n) is 4.58. The molecule has 3 rings (SSSR count). The first-order valence-electron chi connectivity index (χ1n) is 9.68. The highest BCUT2D eigenvalue weighted by Crippen LogP contribution is 2.26. The average Bonchev–Trinajstić information content (AvgIpc) is 2.74. The first-order chi connectivity index (χ1) is 14.5. The molecular formula is C23H25Cl2N3O3. The predicted octanol–water partition coefficient (Wildman–Crippen LogP) is 5.76. The molecule has 31 heavy (non-hydrogen) atoms. The van der Waals surface area contributed by atoms with E-state index in [2.05, 4.69) is 41.8 Å². The van der Waals surface area contributed by atoms with Crippen LogP contribution in [-0.2, 0) is 13.2 Å². The largest absolute Gasteiger partial charge is 0.489 e. The summed E-state index contributed by atoms with van der Waals surface area (Å²) in [5.41, 5.74) is 4.09. The van der Waals surface area contributed by atoms with Crippen LogP contribution in [0.4, 0.5) is 11.4 Å². The number of para-hydroxylation sites is 1. The number of nitrogens with zero attached hydrogens (tertiary/aromatic N) is 1. The van der Waals surface area contributed by atoms with Gasteiger partial charge in [-0.3, -0.25) is 10.1 Å². The quantitative estimate of drug-likeness (QED) is 0.228. The molecule has 0 fully saturated rings. The van der Waals surface area contributed by atoms with Crippen LogP contribution >= 0.6 is 24.0 Å². The van der Waals surface area contributed by atoms with Crippen LogP contribution in [0.25, 0.3) is 0 Å². The number of benzene rings is 3. The van der Waals surface area contributed by atoms with Gasteiger partial charge in [0.05, 0.1) is 15.6 Å². The minimum Gasteiger partial charge on any atom is -0.489 e. The average molecular weight is 462 g/mol. The Morgan fingerprint density at radius 1 is 1.03 bits per heavy atom. The molecule has 3 aromatic carbocycles. The normalized spacial score (nSPS) is 10.3. The molecule has 0 aliphatic heterocycles. The standard InChI is InChI=1S/C23H24ClN3O3.ClH/c1-17-6-8-18(9-7-17)16-30-23-5-3-2-4-19(23)15-25-12-13-26-22-11-10-20(27(28)29)14-21(22)24;/h2-11,14,25-26H,12-13,15-16H2,1H3;1H. The van der Waals surface area contributed by atoms with Crippen LogP contribution in [0, 0.1) is 17.0 Å². The van der Waals surface area contributed by atoms with Crippen molar-refractivity contribution in [2.75, 3.05) is 18.4 Å². The van der Waals surface area contributed by atoms with Crippen molar-refractivity contribution in [1.82, 2.24) is 5.32 Å². The van der Waals surface area contributed by atoms with Crippen molar-refractivity contribution in [1.29, 1.82) is 0 Å². The topological polar surface area (TPSA) is 76.4 Å². The van der Waals surface area contributed by atoms with Gasteiger partial charge in [0, 0.05) is 37.3 Å². The number of aryl methyl sites for hydroxylation is 1. The van der Waals surface area contributed by atoms with Crippen LogP contribution in [0.1, 0.15) is 16.7 Å². The summed E-state index contributed by atoms with van der Waals surface area (Å²) in [5.74, 6) is 0.858. The van der Waals surface area contributed by atoms with Crippen LogP contribution < -0.4 is 15.4 Å². The summed E-state index contributed by atoms with van der Waals surface area (Å²) in [6.07, 6.45) is 0. The van der Waals surface area contributed by atoms with E-state index in [9.17, 15) is 10.1 Å². The molecule has 3 aromatic rings. The van der Waals surface area contributed by atoms with E-state index in [0.29, 0.717) is 37.0 Å². The van der Waals surface area contributed by atoms with Gasteiger partial charge in [0.1, 0.15) is 12.4 Å². The second-order valence-electron chi connectivity index (χ2n) is 6.91. The lowest BCUT2D eigenvalue weighted by Crippen LogP contribution is -2.22. The van der Waals surface area contributed by atoms with Gasteiger partial charge in [0.2, 0.25) is 0 Å². The summed E-state index contributed by atoms with van der Waals surface area (Å²) in [6.45, 7) is 4.58. The lowest BCUT2D eigenvalue weighted by atomic mass is 10.1. The Morgan fingerprint density at radius 2 is 1.77 bits per heavy atom. The van der Waals surface area contributed by atoms with E-state index in [1.165, 1.54) is 17.7 Å². The second-order valence-corrected chi connectivity index (χ2v) is 7.31. The molecule has 0 radical (unpaired) electrons. The SMILES string of the molecule is Cc1ccc(COc2ccccc2CNCCNc2ccc([N+](=O)[O-])cc2Cl)cc1.Cl. The van der Waals surface area contributed by atoms with Gasteiger partial charge in [-0.25, -0.2) is 0 Å². The van der Waals surface area contributed by atoms with Crippen LogP contribution in [-0.4, -0.2) is 18.0 Å². The number of non-ortho nitro benzene ring substituents is 1. The third kappa shape index (κ3) is 7.43. The molecule has 8 heteroatoms. The first-order valence-corrected chi connectivity index (χ1v) is 10.1. The molecule has 0 amide bonds. The molecule has 0 bridgehead atoms. The fourth-order valence-electron chi connectivity index (χ4n) is 2.91. The van der Waals surface area contributed by atoms with E-state index in [0.717, 1.165) is 16.9 Å². The zero-order valence-corrected chi connectivity index (χ0v) is 18.7. The van der Waals surface area contributed by atoms with Crippen molar-refractivity contribution < 1.29 is 9.66 Å². The van der Waals surface area contributed by atoms with E-state index >= 15 is 0 Å². The van der Waals surface area contributed by atoms with Crippen molar-refractivity contribution in [3.05, 3.63) is 98.6 Å². The van der Waals surface area contributed by atoms with Gasteiger partial charge in [0.25, 0.3) is 5.69 Å². The summed E-state index contributed by atoms with van der Waals surface area (Å²) >= 11 is 6.09. The lowest BCUT2D eigenvalue weighted by Gasteiger charge is -2.13. The fraction of sp³-hybridized carbons (Fsp3) is 0.217. The first kappa shape index (κ1) is 24.5. The van der Waals surface area contributed by atoms with Crippen molar-refractivity contribution in [3.8, 4) is 5.75 Å². The van der Waals surface area contributed by atoms with E-state index in [1.54, 1.807) is 6.07 Å². The van der Waals surface area contributed by atoms with Crippen molar-refractivity contribution >= 4 is 35.4 Å². The Morgan fingerprint density at radius 3 is 2.48 bits per heavy atom. The maximum absolute atomic E-state index is 10.8. The zero-order valence-electron chi connectivity index (χ0n) is 17.1. The molecule has 164 valence electrons. The maximum atomic E-state index is 10.8. The van der Waals surface area contributed by atoms with Crippen molar-refractivity contribution in [3.63, 3.8) is 0 Å². The summed E-state index contributed by atoms with van der Waals surface area (Å²) in [5, 5.41) is 17.7. The van der Waals surface area contributed by atoms with Crippen LogP contribution in [0.3, 0.4) is 0 Å². The highest BCUT2D eigenvalue weighted by Gasteiger charge is 2.09. The Bertz CT molecular complexity index is 998. The van der Waals surface area contributed by atoms with E-state index in [4.69, 9.17) is 16.3 Å². The Labute approximate surface area is 193 Å². The number of nitro benzene ring substituents is 1. The summed E-state index contributed by atoms with van der Waals surface area (Å²) < 4.78 is 6.01. The van der Waals surface area contributed by atoms with E-state index < -0.39 is 4.92 Å². The fourth-order valence-corrected chi connectivity index (χ4v) is 3.15. The highest BCUT2D eigenvalue weighted by atomic mass is 35.5. The molecule has 0 aliphatic carbocycles. The summed E-state index contributed by atoms with van der Waals surface area (Å²) in [4.78, 5) is 10.3. The Kier molecular flexibility index (Phi) is 9.59. The molecular weight excluding hydrogens is 437 g/mol. The number of hydrogen-bond acceptors (Lipinski definition) is 5. The van der Waals surface area contributed by atoms with Gasteiger partial charge in [-0.1, -0.05) is 59.6 Å². The van der Waals surface area contributed by atoms with E-state index in [-0.39, 0.29) is 18.1 Å². The number of nitrogens with one attached hydrogen (secondary N) is 2. The number of halogens is 2. The molecule has 0 saturated carbocycles. The van der Waals surface area contributed by atoms with Crippen molar-refractivity contribution in [2.45, 2.75) is 20.1 Å². The van der Waals surface area contributed by atoms with Crippen molar-refractivity contribution in [2.24, 2.45) is 0 Å². The van der Waals surface area contributed by atoms with Crippen LogP contribution in [0.2, 0.25) is 5.02 Å². The molecule has 0 atom stereocenters. The number of anilines is 1. The van der Waals surface area contributed by atoms with E-state index in [1.807, 2.05) is 24.3 Å². The van der Waals surface area contributed by atoms with Crippen LogP contribution in [0.15, 0.2) is 66.7 Å². The van der Waals surface area contributed by atoms with Gasteiger partial charge < -0.3 is 15.4 Å². The van der Waals surface area contributed by atoms with Gasteiger partial charge in [-0.15, -0.1) is 12.4 Å². The smallest absolute Gasteiger partial charge is 0.271 e. The highest BCUT2D eigenvalue weighted by molar-refractivity contribution is 6.33. The Hall–Kier alpha value is -2.80. The van der Waals surface area contributed by atoms with Gasteiger partial charge in [0.15, 0.2) is 0 Å². The molecule has 0 aliphatic rings. The molecule has 0 aromatic heterocycles. The number of nitro groups is 1. The minimum absolute atomic E-state index is 0. The van der Waals surface area contributed by atoms with Gasteiger partial charge in [-0.2, -0.15) is 0 Å². The lowest BCUT2D eigenvalue weighted by molar-refractivity contribution is -0.384. The minimum atomic E-state index is -0.463. The molecule has 0 saturated heterocycles. The number of hydrogen-bond donors (Lipinski definition) is 2. The number of rotatable bonds is 10. The molecule has 0 heterocycles. The molecule has 0 unspecified atom stereocenters. The molecule has 0 spiro atoms.